The summed E-state index contributed by atoms with van der Waals surface area (Å²) in [6.07, 6.45) is 1.30. The third-order valence-corrected chi connectivity index (χ3v) is 4.75. The zero-order valence-electron chi connectivity index (χ0n) is 19.8. The molecule has 0 saturated carbocycles. The Kier molecular flexibility index (Phi) is 8.52. The lowest BCUT2D eigenvalue weighted by molar-refractivity contribution is -0.114. The minimum Gasteiger partial charge on any atom is -0.490 e. The number of hydrogen-bond donors (Lipinski definition) is 4. The number of primary amides is 1. The number of likely N-dealkylation sites (N-methyl/N-ethyl adjacent to an activating group) is 1. The topological polar surface area (TPSA) is 135 Å². The molecule has 5 N–H and O–H groups in total. The Morgan fingerprint density at radius 3 is 2.66 bits per heavy atom. The number of nitrogens with one attached hydrogen (secondary N) is 3. The molecule has 0 saturated heterocycles. The summed E-state index contributed by atoms with van der Waals surface area (Å²) in [6, 6.07) is 11.2. The highest BCUT2D eigenvalue weighted by Gasteiger charge is 2.14. The standard InChI is InChI=1S/C24H28FN7O3/c1-15(33)29-20-12-18(7-8-21(20)35-10-9-32(2)3)30-24-28-14-19(22(26)34)23(31-24)27-13-16-5-4-6-17(25)11-16/h4-8,11-12,14H,9-10,13H2,1-3H3,(H2,26,34)(H,29,33)(H2,27,28,30,31). The van der Waals surface area contributed by atoms with Gasteiger partial charge in [0, 0.05) is 31.9 Å². The maximum Gasteiger partial charge on any atom is 0.254 e. The summed E-state index contributed by atoms with van der Waals surface area (Å²) in [5, 5.41) is 8.80. The lowest BCUT2D eigenvalue weighted by atomic mass is 10.2. The third kappa shape index (κ3) is 7.64. The van der Waals surface area contributed by atoms with E-state index in [2.05, 4.69) is 25.9 Å². The average Bonchev–Trinajstić information content (AvgIpc) is 2.78. The number of carbonyl (C=O) groups is 2. The summed E-state index contributed by atoms with van der Waals surface area (Å²) in [5.74, 6) is -0.406. The molecule has 0 aliphatic heterocycles. The van der Waals surface area contributed by atoms with Crippen LogP contribution in [0.1, 0.15) is 22.8 Å². The molecule has 0 bridgehead atoms. The maximum atomic E-state index is 13.5. The van der Waals surface area contributed by atoms with Crippen LogP contribution in [0.2, 0.25) is 0 Å². The largest absolute Gasteiger partial charge is 0.490 e. The van der Waals surface area contributed by atoms with Crippen LogP contribution in [0, 0.1) is 5.82 Å². The van der Waals surface area contributed by atoms with Crippen molar-refractivity contribution in [1.29, 1.82) is 0 Å². The minimum absolute atomic E-state index is 0.0931. The van der Waals surface area contributed by atoms with Gasteiger partial charge in [0.25, 0.3) is 5.91 Å². The fourth-order valence-electron chi connectivity index (χ4n) is 3.08. The van der Waals surface area contributed by atoms with Crippen LogP contribution in [0.3, 0.4) is 0 Å². The van der Waals surface area contributed by atoms with E-state index in [4.69, 9.17) is 10.5 Å². The van der Waals surface area contributed by atoms with Gasteiger partial charge in [-0.1, -0.05) is 12.1 Å². The maximum absolute atomic E-state index is 13.5. The molecule has 35 heavy (non-hydrogen) atoms. The van der Waals surface area contributed by atoms with Crippen molar-refractivity contribution in [1.82, 2.24) is 14.9 Å². The van der Waals surface area contributed by atoms with Crippen LogP contribution < -0.4 is 26.4 Å². The van der Waals surface area contributed by atoms with Crippen LogP contribution >= 0.6 is 0 Å². The lowest BCUT2D eigenvalue weighted by Gasteiger charge is -2.16. The van der Waals surface area contributed by atoms with Crippen molar-refractivity contribution in [3.63, 3.8) is 0 Å². The van der Waals surface area contributed by atoms with Crippen LogP contribution in [0.25, 0.3) is 0 Å². The highest BCUT2D eigenvalue weighted by molar-refractivity contribution is 5.97. The number of rotatable bonds is 11. The first-order valence-corrected chi connectivity index (χ1v) is 10.8. The van der Waals surface area contributed by atoms with Gasteiger partial charge in [0.2, 0.25) is 11.9 Å². The molecule has 2 aromatic carbocycles. The van der Waals surface area contributed by atoms with Gasteiger partial charge in [-0.15, -0.1) is 0 Å². The number of aromatic nitrogens is 2. The van der Waals surface area contributed by atoms with Gasteiger partial charge in [-0.3, -0.25) is 9.59 Å². The number of nitrogens with two attached hydrogens (primary N) is 1. The number of ether oxygens (including phenoxy) is 1. The highest BCUT2D eigenvalue weighted by atomic mass is 19.1. The SMILES string of the molecule is CC(=O)Nc1cc(Nc2ncc(C(N)=O)c(NCc3cccc(F)c3)n2)ccc1OCCN(C)C. The Balaban J connectivity index is 1.80. The Labute approximate surface area is 202 Å². The zero-order chi connectivity index (χ0) is 25.4. The summed E-state index contributed by atoms with van der Waals surface area (Å²) in [4.78, 5) is 34.0. The Hall–Kier alpha value is -4.25. The van der Waals surface area contributed by atoms with Crippen molar-refractivity contribution in [2.45, 2.75) is 13.5 Å². The predicted molar refractivity (Wildman–Crippen MR) is 132 cm³/mol. The van der Waals surface area contributed by atoms with Crippen LogP contribution in [-0.2, 0) is 11.3 Å². The van der Waals surface area contributed by atoms with Gasteiger partial charge in [0.05, 0.1) is 11.3 Å². The first-order chi connectivity index (χ1) is 16.7. The number of halogens is 1. The molecule has 184 valence electrons. The molecule has 0 atom stereocenters. The molecule has 3 aromatic rings. The van der Waals surface area contributed by atoms with Crippen molar-refractivity contribution in [3.8, 4) is 5.75 Å². The van der Waals surface area contributed by atoms with Gasteiger partial charge in [-0.25, -0.2) is 9.37 Å². The van der Waals surface area contributed by atoms with Crippen molar-refractivity contribution in [2.75, 3.05) is 43.2 Å². The lowest BCUT2D eigenvalue weighted by Crippen LogP contribution is -2.20. The van der Waals surface area contributed by atoms with E-state index in [1.54, 1.807) is 30.3 Å². The summed E-state index contributed by atoms with van der Waals surface area (Å²) >= 11 is 0. The molecule has 2 amide bonds. The van der Waals surface area contributed by atoms with E-state index in [9.17, 15) is 14.0 Å². The van der Waals surface area contributed by atoms with Crippen molar-refractivity contribution in [3.05, 3.63) is 65.6 Å². The molecule has 11 heteroatoms. The van der Waals surface area contributed by atoms with E-state index in [0.29, 0.717) is 35.8 Å². The van der Waals surface area contributed by atoms with Gasteiger partial charge in [-0.2, -0.15) is 4.98 Å². The first-order valence-electron chi connectivity index (χ1n) is 10.8. The fraction of sp³-hybridized carbons (Fsp3) is 0.250. The van der Waals surface area contributed by atoms with E-state index in [-0.39, 0.29) is 35.6 Å². The molecule has 1 aromatic heterocycles. The number of nitrogens with zero attached hydrogens (tertiary/aromatic N) is 3. The minimum atomic E-state index is -0.703. The summed E-state index contributed by atoms with van der Waals surface area (Å²) < 4.78 is 19.3. The number of carbonyl (C=O) groups excluding carboxylic acids is 2. The van der Waals surface area contributed by atoms with Crippen LogP contribution in [0.15, 0.2) is 48.7 Å². The average molecular weight is 482 g/mol. The molecule has 0 aliphatic carbocycles. The van der Waals surface area contributed by atoms with Crippen molar-refractivity contribution < 1.29 is 18.7 Å². The summed E-state index contributed by atoms with van der Waals surface area (Å²) in [7, 11) is 3.88. The first kappa shape index (κ1) is 25.4. The number of hydrogen-bond acceptors (Lipinski definition) is 8. The zero-order valence-corrected chi connectivity index (χ0v) is 19.8. The molecule has 1 heterocycles. The molecular formula is C24H28FN7O3. The second-order valence-electron chi connectivity index (χ2n) is 7.97. The van der Waals surface area contributed by atoms with Crippen LogP contribution in [0.4, 0.5) is 27.5 Å². The van der Waals surface area contributed by atoms with Gasteiger partial charge >= 0.3 is 0 Å². The van der Waals surface area contributed by atoms with E-state index >= 15 is 0 Å². The smallest absolute Gasteiger partial charge is 0.254 e. The normalized spacial score (nSPS) is 10.7. The monoisotopic (exact) mass is 481 g/mol. The summed E-state index contributed by atoms with van der Waals surface area (Å²) in [5.41, 5.74) is 7.28. The molecule has 0 aliphatic rings. The molecular weight excluding hydrogens is 453 g/mol. The van der Waals surface area contributed by atoms with E-state index in [1.807, 2.05) is 19.0 Å². The quantitative estimate of drug-likeness (QED) is 0.328. The number of amides is 2. The van der Waals surface area contributed by atoms with Gasteiger partial charge < -0.3 is 31.3 Å². The Bertz CT molecular complexity index is 1200. The van der Waals surface area contributed by atoms with E-state index < -0.39 is 5.91 Å². The summed E-state index contributed by atoms with van der Waals surface area (Å²) in [6.45, 7) is 2.79. The Morgan fingerprint density at radius 1 is 1.17 bits per heavy atom. The van der Waals surface area contributed by atoms with Gasteiger partial charge in [-0.05, 0) is 50.0 Å². The Morgan fingerprint density at radius 2 is 1.97 bits per heavy atom. The van der Waals surface area contributed by atoms with Crippen LogP contribution in [0.5, 0.6) is 5.75 Å². The van der Waals surface area contributed by atoms with E-state index in [0.717, 1.165) is 0 Å². The highest BCUT2D eigenvalue weighted by Crippen LogP contribution is 2.29. The second-order valence-corrected chi connectivity index (χ2v) is 7.97. The molecule has 0 spiro atoms. The van der Waals surface area contributed by atoms with Gasteiger partial charge in [0.1, 0.15) is 24.0 Å². The van der Waals surface area contributed by atoms with Crippen molar-refractivity contribution >= 4 is 35.0 Å². The second kappa shape index (κ2) is 11.7. The molecule has 0 radical (unpaired) electrons. The van der Waals surface area contributed by atoms with Gasteiger partial charge in [0.15, 0.2) is 0 Å². The van der Waals surface area contributed by atoms with Crippen molar-refractivity contribution in [2.24, 2.45) is 5.73 Å². The van der Waals surface area contributed by atoms with E-state index in [1.165, 1.54) is 25.3 Å². The molecule has 10 nitrogen and oxygen atoms in total. The predicted octanol–water partition coefficient (Wildman–Crippen LogP) is 2.97. The number of anilines is 4. The molecule has 0 fully saturated rings. The number of benzene rings is 2. The molecule has 0 unspecified atom stereocenters. The fourth-order valence-corrected chi connectivity index (χ4v) is 3.08. The van der Waals surface area contributed by atoms with Crippen LogP contribution in [-0.4, -0.2) is 53.9 Å². The third-order valence-electron chi connectivity index (χ3n) is 4.75. The molecule has 3 rings (SSSR count).